The van der Waals surface area contributed by atoms with Crippen molar-refractivity contribution in [3.63, 3.8) is 0 Å². The highest BCUT2D eigenvalue weighted by Gasteiger charge is 2.25. The molecule has 3 nitrogen and oxygen atoms in total. The van der Waals surface area contributed by atoms with Crippen LogP contribution in [-0.2, 0) is 0 Å². The van der Waals surface area contributed by atoms with Crippen LogP contribution in [0.25, 0.3) is 10.9 Å². The molecule has 18 heavy (non-hydrogen) atoms. The van der Waals surface area contributed by atoms with Crippen LogP contribution in [0.15, 0.2) is 30.5 Å². The lowest BCUT2D eigenvalue weighted by Crippen LogP contribution is -2.36. The molecule has 1 N–H and O–H groups in total. The number of carbonyl (C=O) groups excluding carboxylic acids is 1. The van der Waals surface area contributed by atoms with Crippen LogP contribution in [0.3, 0.4) is 0 Å². The fourth-order valence-electron chi connectivity index (χ4n) is 2.43. The first-order chi connectivity index (χ1) is 8.77. The third-order valence-electron chi connectivity index (χ3n) is 3.59. The van der Waals surface area contributed by atoms with Crippen molar-refractivity contribution in [1.82, 2.24) is 9.88 Å². The van der Waals surface area contributed by atoms with Gasteiger partial charge in [0.25, 0.3) is 5.91 Å². The van der Waals surface area contributed by atoms with Gasteiger partial charge in [-0.3, -0.25) is 4.79 Å². The van der Waals surface area contributed by atoms with Crippen LogP contribution in [0.5, 0.6) is 0 Å². The number of hydrogen-bond acceptors (Lipinski definition) is 2. The summed E-state index contributed by atoms with van der Waals surface area (Å²) in [5.41, 5.74) is 1.81. The van der Waals surface area contributed by atoms with E-state index in [2.05, 4.69) is 4.98 Å². The highest BCUT2D eigenvalue weighted by Crippen LogP contribution is 2.25. The molecular weight excluding hydrogens is 244 g/mol. The van der Waals surface area contributed by atoms with E-state index in [-0.39, 0.29) is 5.91 Å². The summed E-state index contributed by atoms with van der Waals surface area (Å²) in [5, 5.41) is 1.01. The van der Waals surface area contributed by atoms with E-state index in [0.717, 1.165) is 34.4 Å². The monoisotopic (exact) mass is 260 g/mol. The molecule has 0 aliphatic carbocycles. The van der Waals surface area contributed by atoms with Gasteiger partial charge in [0.05, 0.1) is 5.56 Å². The summed E-state index contributed by atoms with van der Waals surface area (Å²) in [6.07, 6.45) is 2.93. The second-order valence-corrected chi connectivity index (χ2v) is 5.83. The zero-order chi connectivity index (χ0) is 12.5. The van der Waals surface area contributed by atoms with Crippen LogP contribution in [0.1, 0.15) is 16.8 Å². The van der Waals surface area contributed by atoms with Crippen LogP contribution >= 0.6 is 11.8 Å². The van der Waals surface area contributed by atoms with E-state index in [1.54, 1.807) is 0 Å². The van der Waals surface area contributed by atoms with Gasteiger partial charge in [0, 0.05) is 35.9 Å². The second kappa shape index (κ2) is 4.69. The molecule has 2 heterocycles. The predicted molar refractivity (Wildman–Crippen MR) is 76.1 cm³/mol. The van der Waals surface area contributed by atoms with Gasteiger partial charge in [-0.1, -0.05) is 18.2 Å². The van der Waals surface area contributed by atoms with E-state index < -0.39 is 0 Å². The van der Waals surface area contributed by atoms with Crippen LogP contribution in [0, 0.1) is 0 Å². The van der Waals surface area contributed by atoms with Crippen molar-refractivity contribution in [2.24, 2.45) is 0 Å². The van der Waals surface area contributed by atoms with Crippen molar-refractivity contribution in [3.05, 3.63) is 36.0 Å². The first-order valence-electron chi connectivity index (χ1n) is 6.18. The molecule has 4 heteroatoms. The Morgan fingerprint density at radius 1 is 1.44 bits per heavy atom. The van der Waals surface area contributed by atoms with Gasteiger partial charge in [0.15, 0.2) is 0 Å². The molecule has 0 spiro atoms. The maximum atomic E-state index is 12.5. The average Bonchev–Trinajstić information content (AvgIpc) is 3.06. The number of amides is 1. The predicted octanol–water partition coefficient (Wildman–Crippen LogP) is 2.75. The molecule has 94 valence electrons. The normalized spacial score (nSPS) is 19.3. The summed E-state index contributed by atoms with van der Waals surface area (Å²) in [6.45, 7) is 0. The molecule has 3 rings (SSSR count). The molecule has 1 aromatic carbocycles. The lowest BCUT2D eigenvalue weighted by Gasteiger charge is -2.23. The Kier molecular flexibility index (Phi) is 3.04. The molecule has 0 radical (unpaired) electrons. The Morgan fingerprint density at radius 2 is 2.28 bits per heavy atom. The SMILES string of the molecule is CN(C(=O)c1c[nH]c2ccccc12)C1CCSC1. The number of H-pyrrole nitrogens is 1. The van der Waals surface area contributed by atoms with Gasteiger partial charge >= 0.3 is 0 Å². The van der Waals surface area contributed by atoms with Gasteiger partial charge in [-0.15, -0.1) is 0 Å². The molecule has 1 aromatic heterocycles. The van der Waals surface area contributed by atoms with Crippen LogP contribution < -0.4 is 0 Å². The number of aromatic amines is 1. The minimum absolute atomic E-state index is 0.125. The number of hydrogen-bond donors (Lipinski definition) is 1. The van der Waals surface area contributed by atoms with Gasteiger partial charge in [0.2, 0.25) is 0 Å². The molecule has 0 bridgehead atoms. The zero-order valence-corrected chi connectivity index (χ0v) is 11.2. The molecule has 1 amide bonds. The number of nitrogens with zero attached hydrogens (tertiary/aromatic N) is 1. The molecule has 0 saturated carbocycles. The maximum Gasteiger partial charge on any atom is 0.256 e. The molecule has 1 aliphatic heterocycles. The number of rotatable bonds is 2. The highest BCUT2D eigenvalue weighted by atomic mass is 32.2. The molecule has 1 unspecified atom stereocenters. The summed E-state index contributed by atoms with van der Waals surface area (Å²) in [6, 6.07) is 8.33. The van der Waals surface area contributed by atoms with Crippen molar-refractivity contribution in [3.8, 4) is 0 Å². The van der Waals surface area contributed by atoms with Crippen LogP contribution in [0.4, 0.5) is 0 Å². The Hall–Kier alpha value is -1.42. The molecule has 1 aliphatic rings. The Bertz CT molecular complexity index is 572. The van der Waals surface area contributed by atoms with E-state index >= 15 is 0 Å². The smallest absolute Gasteiger partial charge is 0.256 e. The Balaban J connectivity index is 1.91. The quantitative estimate of drug-likeness (QED) is 0.901. The van der Waals surface area contributed by atoms with Crippen molar-refractivity contribution >= 4 is 28.6 Å². The van der Waals surface area contributed by atoms with E-state index in [0.29, 0.717) is 6.04 Å². The highest BCUT2D eigenvalue weighted by molar-refractivity contribution is 7.99. The topological polar surface area (TPSA) is 36.1 Å². The maximum absolute atomic E-state index is 12.5. The third kappa shape index (κ3) is 1.90. The Labute approximate surface area is 111 Å². The molecular formula is C14H16N2OS. The van der Waals surface area contributed by atoms with Crippen molar-refractivity contribution in [2.75, 3.05) is 18.6 Å². The van der Waals surface area contributed by atoms with Gasteiger partial charge < -0.3 is 9.88 Å². The number of carbonyl (C=O) groups is 1. The number of fused-ring (bicyclic) bond motifs is 1. The molecule has 1 fully saturated rings. The third-order valence-corrected chi connectivity index (χ3v) is 4.74. The molecule has 2 aromatic rings. The lowest BCUT2D eigenvalue weighted by atomic mass is 10.1. The minimum atomic E-state index is 0.125. The van der Waals surface area contributed by atoms with E-state index in [9.17, 15) is 4.79 Å². The van der Waals surface area contributed by atoms with Gasteiger partial charge in [-0.2, -0.15) is 11.8 Å². The number of aromatic nitrogens is 1. The van der Waals surface area contributed by atoms with E-state index in [1.807, 2.05) is 54.2 Å². The summed E-state index contributed by atoms with van der Waals surface area (Å²) in [7, 11) is 1.92. The van der Waals surface area contributed by atoms with Crippen molar-refractivity contribution in [1.29, 1.82) is 0 Å². The number of benzene rings is 1. The fraction of sp³-hybridized carbons (Fsp3) is 0.357. The van der Waals surface area contributed by atoms with Crippen molar-refractivity contribution < 1.29 is 4.79 Å². The molecule has 1 saturated heterocycles. The van der Waals surface area contributed by atoms with Gasteiger partial charge in [-0.05, 0) is 18.2 Å². The van der Waals surface area contributed by atoms with Crippen molar-refractivity contribution in [2.45, 2.75) is 12.5 Å². The van der Waals surface area contributed by atoms with E-state index in [4.69, 9.17) is 0 Å². The number of para-hydroxylation sites is 1. The fourth-order valence-corrected chi connectivity index (χ4v) is 3.70. The summed E-state index contributed by atoms with van der Waals surface area (Å²) in [5.74, 6) is 2.35. The van der Waals surface area contributed by atoms with Gasteiger partial charge in [-0.25, -0.2) is 0 Å². The minimum Gasteiger partial charge on any atom is -0.360 e. The summed E-state index contributed by atoms with van der Waals surface area (Å²) in [4.78, 5) is 17.6. The lowest BCUT2D eigenvalue weighted by molar-refractivity contribution is 0.0750. The standard InChI is InChI=1S/C14H16N2OS/c1-16(10-6-7-18-9-10)14(17)12-8-15-13-5-3-2-4-11(12)13/h2-5,8,10,15H,6-7,9H2,1H3. The largest absolute Gasteiger partial charge is 0.360 e. The van der Waals surface area contributed by atoms with Crippen LogP contribution in [0.2, 0.25) is 0 Å². The summed E-state index contributed by atoms with van der Waals surface area (Å²) >= 11 is 1.93. The Morgan fingerprint density at radius 3 is 3.06 bits per heavy atom. The second-order valence-electron chi connectivity index (χ2n) is 4.68. The molecule has 1 atom stereocenters. The average molecular weight is 260 g/mol. The first-order valence-corrected chi connectivity index (χ1v) is 7.34. The summed E-state index contributed by atoms with van der Waals surface area (Å²) < 4.78 is 0. The first kappa shape index (κ1) is 11.7. The zero-order valence-electron chi connectivity index (χ0n) is 10.3. The van der Waals surface area contributed by atoms with Crippen LogP contribution in [-0.4, -0.2) is 40.4 Å². The number of thioether (sulfide) groups is 1. The van der Waals surface area contributed by atoms with E-state index in [1.165, 1.54) is 0 Å². The van der Waals surface area contributed by atoms with Gasteiger partial charge in [0.1, 0.15) is 0 Å². The number of nitrogens with one attached hydrogen (secondary N) is 1.